The number of fused-ring (bicyclic) bond motifs is 1. The number of hydrogen-bond acceptors (Lipinski definition) is 3. The summed E-state index contributed by atoms with van der Waals surface area (Å²) in [4.78, 5) is 12.9. The van der Waals surface area contributed by atoms with Gasteiger partial charge < -0.3 is 11.1 Å². The number of halogens is 1. The minimum absolute atomic E-state index is 0. The van der Waals surface area contributed by atoms with E-state index in [9.17, 15) is 4.79 Å². The zero-order valence-electron chi connectivity index (χ0n) is 11.8. The summed E-state index contributed by atoms with van der Waals surface area (Å²) in [7, 11) is 0. The van der Waals surface area contributed by atoms with Gasteiger partial charge in [-0.25, -0.2) is 0 Å². The number of nitrogens with two attached hydrogens (primary N) is 1. The maximum Gasteiger partial charge on any atom is 0.261 e. The number of rotatable bonds is 5. The van der Waals surface area contributed by atoms with Crippen molar-refractivity contribution in [3.05, 3.63) is 35.2 Å². The average molecular weight is 313 g/mol. The molecule has 0 bridgehead atoms. The second-order valence-corrected chi connectivity index (χ2v) is 5.98. The summed E-state index contributed by atoms with van der Waals surface area (Å²) >= 11 is 1.52. The van der Waals surface area contributed by atoms with Gasteiger partial charge in [-0.15, -0.1) is 23.7 Å². The van der Waals surface area contributed by atoms with Gasteiger partial charge in [-0.3, -0.25) is 4.79 Å². The van der Waals surface area contributed by atoms with Crippen molar-refractivity contribution < 1.29 is 4.79 Å². The van der Waals surface area contributed by atoms with Gasteiger partial charge in [-0.1, -0.05) is 32.0 Å². The number of amides is 1. The second kappa shape index (κ2) is 7.07. The van der Waals surface area contributed by atoms with Crippen LogP contribution in [0.1, 0.15) is 36.4 Å². The zero-order valence-corrected chi connectivity index (χ0v) is 13.4. The molecule has 2 aromatic rings. The third kappa shape index (κ3) is 3.72. The molecule has 0 saturated heterocycles. The SMILES string of the molecule is CCC(N)(CC)CNC(=O)c1cc2ccccc2s1.Cl. The molecule has 20 heavy (non-hydrogen) atoms. The number of benzene rings is 1. The highest BCUT2D eigenvalue weighted by molar-refractivity contribution is 7.20. The van der Waals surface area contributed by atoms with Gasteiger partial charge >= 0.3 is 0 Å². The largest absolute Gasteiger partial charge is 0.349 e. The van der Waals surface area contributed by atoms with Crippen LogP contribution in [0.2, 0.25) is 0 Å². The lowest BCUT2D eigenvalue weighted by Crippen LogP contribution is -2.49. The first-order valence-corrected chi connectivity index (χ1v) is 7.45. The Kier molecular flexibility index (Phi) is 5.99. The van der Waals surface area contributed by atoms with Crippen molar-refractivity contribution in [3.63, 3.8) is 0 Å². The van der Waals surface area contributed by atoms with Gasteiger partial charge in [-0.05, 0) is 30.4 Å². The summed E-state index contributed by atoms with van der Waals surface area (Å²) in [5.41, 5.74) is 5.89. The van der Waals surface area contributed by atoms with E-state index in [1.54, 1.807) is 0 Å². The number of nitrogens with one attached hydrogen (secondary N) is 1. The Morgan fingerprint density at radius 1 is 1.30 bits per heavy atom. The van der Waals surface area contributed by atoms with Gasteiger partial charge in [0, 0.05) is 16.8 Å². The van der Waals surface area contributed by atoms with Crippen molar-refractivity contribution in [2.45, 2.75) is 32.2 Å². The van der Waals surface area contributed by atoms with E-state index in [0.29, 0.717) is 6.54 Å². The topological polar surface area (TPSA) is 55.1 Å². The van der Waals surface area contributed by atoms with Crippen LogP contribution in [0.4, 0.5) is 0 Å². The molecule has 1 amide bonds. The predicted molar refractivity (Wildman–Crippen MR) is 88.9 cm³/mol. The molecule has 0 saturated carbocycles. The molecule has 2 rings (SSSR count). The second-order valence-electron chi connectivity index (χ2n) is 4.90. The monoisotopic (exact) mass is 312 g/mol. The van der Waals surface area contributed by atoms with Crippen molar-refractivity contribution in [2.75, 3.05) is 6.54 Å². The summed E-state index contributed by atoms with van der Waals surface area (Å²) < 4.78 is 1.14. The molecule has 0 spiro atoms. The van der Waals surface area contributed by atoms with Gasteiger partial charge in [0.15, 0.2) is 0 Å². The van der Waals surface area contributed by atoms with Crippen molar-refractivity contribution in [1.82, 2.24) is 5.32 Å². The fourth-order valence-electron chi connectivity index (χ4n) is 1.94. The molecular weight excluding hydrogens is 292 g/mol. The zero-order chi connectivity index (χ0) is 13.9. The maximum atomic E-state index is 12.1. The Balaban J connectivity index is 0.00000200. The van der Waals surface area contributed by atoms with Crippen molar-refractivity contribution in [1.29, 1.82) is 0 Å². The summed E-state index contributed by atoms with van der Waals surface area (Å²) in [6.07, 6.45) is 1.71. The number of thiophene rings is 1. The van der Waals surface area contributed by atoms with Gasteiger partial charge in [0.2, 0.25) is 0 Å². The normalized spacial score (nSPS) is 11.2. The van der Waals surface area contributed by atoms with E-state index in [0.717, 1.165) is 27.8 Å². The molecule has 0 aliphatic heterocycles. The van der Waals surface area contributed by atoms with Crippen LogP contribution >= 0.6 is 23.7 Å². The fraction of sp³-hybridized carbons (Fsp3) is 0.400. The Morgan fingerprint density at radius 3 is 2.55 bits per heavy atom. The highest BCUT2D eigenvalue weighted by Crippen LogP contribution is 2.25. The predicted octanol–water partition coefficient (Wildman–Crippen LogP) is 3.57. The Labute approximate surface area is 130 Å². The Hall–Kier alpha value is -1.10. The van der Waals surface area contributed by atoms with Crippen molar-refractivity contribution in [2.24, 2.45) is 5.73 Å². The minimum Gasteiger partial charge on any atom is -0.349 e. The fourth-order valence-corrected chi connectivity index (χ4v) is 2.92. The van der Waals surface area contributed by atoms with Crippen molar-refractivity contribution >= 4 is 39.7 Å². The molecule has 5 heteroatoms. The molecule has 0 aliphatic rings. The first-order chi connectivity index (χ1) is 9.08. The van der Waals surface area contributed by atoms with E-state index in [1.165, 1.54) is 11.3 Å². The van der Waals surface area contributed by atoms with Crippen LogP contribution in [-0.4, -0.2) is 18.0 Å². The summed E-state index contributed by atoms with van der Waals surface area (Å²) in [5.74, 6) is -0.0297. The number of carbonyl (C=O) groups is 1. The molecule has 0 atom stereocenters. The van der Waals surface area contributed by atoms with Gasteiger partial charge in [0.25, 0.3) is 5.91 Å². The number of carbonyl (C=O) groups excluding carboxylic acids is 1. The van der Waals surface area contributed by atoms with Gasteiger partial charge in [-0.2, -0.15) is 0 Å². The van der Waals surface area contributed by atoms with E-state index in [2.05, 4.69) is 19.2 Å². The third-order valence-electron chi connectivity index (χ3n) is 3.66. The van der Waals surface area contributed by atoms with E-state index in [1.807, 2.05) is 30.3 Å². The Morgan fingerprint density at radius 2 is 1.95 bits per heavy atom. The van der Waals surface area contributed by atoms with Crippen LogP contribution in [0.3, 0.4) is 0 Å². The standard InChI is InChI=1S/C15H20N2OS.ClH/c1-3-15(16,4-2)10-17-14(18)13-9-11-7-5-6-8-12(11)19-13;/h5-9H,3-4,10,16H2,1-2H3,(H,17,18);1H. The summed E-state index contributed by atoms with van der Waals surface area (Å²) in [6, 6.07) is 9.96. The molecule has 3 nitrogen and oxygen atoms in total. The molecule has 1 heterocycles. The average Bonchev–Trinajstić information content (AvgIpc) is 2.88. The Bertz CT molecular complexity index is 545. The minimum atomic E-state index is -0.299. The van der Waals surface area contributed by atoms with Crippen LogP contribution in [-0.2, 0) is 0 Å². The molecule has 0 fully saturated rings. The van der Waals surface area contributed by atoms with Gasteiger partial charge in [0.1, 0.15) is 0 Å². The molecule has 0 aliphatic carbocycles. The van der Waals surface area contributed by atoms with Crippen LogP contribution in [0, 0.1) is 0 Å². The highest BCUT2D eigenvalue weighted by atomic mass is 35.5. The van der Waals surface area contributed by atoms with Crippen LogP contribution in [0.5, 0.6) is 0 Å². The van der Waals surface area contributed by atoms with E-state index in [4.69, 9.17) is 5.73 Å². The van der Waals surface area contributed by atoms with Gasteiger partial charge in [0.05, 0.1) is 4.88 Å². The van der Waals surface area contributed by atoms with Crippen molar-refractivity contribution in [3.8, 4) is 0 Å². The molecule has 0 unspecified atom stereocenters. The smallest absolute Gasteiger partial charge is 0.261 e. The summed E-state index contributed by atoms with van der Waals surface area (Å²) in [6.45, 7) is 4.62. The quantitative estimate of drug-likeness (QED) is 0.886. The van der Waals surface area contributed by atoms with E-state index >= 15 is 0 Å². The third-order valence-corrected chi connectivity index (χ3v) is 4.77. The molecule has 3 N–H and O–H groups in total. The van der Waals surface area contributed by atoms with E-state index < -0.39 is 0 Å². The maximum absolute atomic E-state index is 12.1. The summed E-state index contributed by atoms with van der Waals surface area (Å²) in [5, 5.41) is 4.06. The van der Waals surface area contributed by atoms with Crippen LogP contribution in [0.15, 0.2) is 30.3 Å². The molecular formula is C15H21ClN2OS. The molecule has 0 radical (unpaired) electrons. The van der Waals surface area contributed by atoms with Crippen LogP contribution in [0.25, 0.3) is 10.1 Å². The first kappa shape index (κ1) is 17.0. The lowest BCUT2D eigenvalue weighted by atomic mass is 9.94. The lowest BCUT2D eigenvalue weighted by molar-refractivity contribution is 0.0946. The molecule has 110 valence electrons. The molecule has 1 aromatic heterocycles. The number of hydrogen-bond donors (Lipinski definition) is 2. The lowest BCUT2D eigenvalue weighted by Gasteiger charge is -2.26. The molecule has 1 aromatic carbocycles. The first-order valence-electron chi connectivity index (χ1n) is 6.63. The van der Waals surface area contributed by atoms with Crippen LogP contribution < -0.4 is 11.1 Å². The highest BCUT2D eigenvalue weighted by Gasteiger charge is 2.21. The van der Waals surface area contributed by atoms with E-state index in [-0.39, 0.29) is 23.9 Å².